The lowest BCUT2D eigenvalue weighted by molar-refractivity contribution is -0.131. The fraction of sp³-hybridized carbons (Fsp3) is 0.611. The Kier molecular flexibility index (Phi) is 6.11. The predicted molar refractivity (Wildman–Crippen MR) is 109 cm³/mol. The third-order valence-electron chi connectivity index (χ3n) is 5.48. The molecule has 3 heterocycles. The molecule has 0 saturated carbocycles. The van der Waals surface area contributed by atoms with Gasteiger partial charge in [0.15, 0.2) is 5.65 Å². The Hall–Kier alpha value is -2.24. The average molecular weight is 425 g/mol. The molecule has 0 spiro atoms. The van der Waals surface area contributed by atoms with Gasteiger partial charge in [-0.2, -0.15) is 17.0 Å². The maximum Gasteiger partial charge on any atom is 0.282 e. The first-order valence-corrected chi connectivity index (χ1v) is 11.2. The van der Waals surface area contributed by atoms with Crippen LogP contribution in [0.4, 0.5) is 0 Å². The Labute approximate surface area is 170 Å². The number of aromatic amines is 1. The number of rotatable bonds is 6. The Morgan fingerprint density at radius 3 is 2.38 bits per heavy atom. The SMILES string of the molecule is CCN(CC)S(=O)(=O)N1CCN(C(=O)Cc2c(C)nc3cc(=O)[nH]n3c2C)CC1. The maximum absolute atomic E-state index is 12.9. The van der Waals surface area contributed by atoms with Crippen molar-refractivity contribution in [2.75, 3.05) is 39.3 Å². The molecule has 1 saturated heterocycles. The van der Waals surface area contributed by atoms with Crippen LogP contribution in [-0.4, -0.2) is 81.7 Å². The summed E-state index contributed by atoms with van der Waals surface area (Å²) in [5.41, 5.74) is 2.53. The third kappa shape index (κ3) is 4.07. The van der Waals surface area contributed by atoms with Crippen LogP contribution < -0.4 is 5.56 Å². The first-order valence-electron chi connectivity index (χ1n) is 9.79. The van der Waals surface area contributed by atoms with Gasteiger partial charge in [-0.25, -0.2) is 9.50 Å². The molecule has 10 nitrogen and oxygen atoms in total. The summed E-state index contributed by atoms with van der Waals surface area (Å²) < 4.78 is 29.7. The van der Waals surface area contributed by atoms with Crippen LogP contribution >= 0.6 is 0 Å². The molecule has 1 aliphatic rings. The summed E-state index contributed by atoms with van der Waals surface area (Å²) in [6.07, 6.45) is 0.156. The van der Waals surface area contributed by atoms with Gasteiger partial charge in [0.25, 0.3) is 15.8 Å². The van der Waals surface area contributed by atoms with Gasteiger partial charge in [-0.1, -0.05) is 13.8 Å². The van der Waals surface area contributed by atoms with Crippen molar-refractivity contribution < 1.29 is 13.2 Å². The lowest BCUT2D eigenvalue weighted by Crippen LogP contribution is -2.54. The summed E-state index contributed by atoms with van der Waals surface area (Å²) in [6, 6.07) is 1.42. The Morgan fingerprint density at radius 1 is 1.17 bits per heavy atom. The van der Waals surface area contributed by atoms with Gasteiger partial charge < -0.3 is 4.90 Å². The van der Waals surface area contributed by atoms with E-state index in [9.17, 15) is 18.0 Å². The van der Waals surface area contributed by atoms with Gasteiger partial charge in [-0.05, 0) is 13.8 Å². The highest BCUT2D eigenvalue weighted by Crippen LogP contribution is 2.17. The van der Waals surface area contributed by atoms with E-state index < -0.39 is 10.2 Å². The molecule has 3 rings (SSSR count). The first kappa shape index (κ1) is 21.5. The smallest absolute Gasteiger partial charge is 0.282 e. The number of carbonyl (C=O) groups excluding carboxylic acids is 1. The molecule has 0 aromatic carbocycles. The molecule has 29 heavy (non-hydrogen) atoms. The van der Waals surface area contributed by atoms with Gasteiger partial charge in [0.1, 0.15) is 0 Å². The topological polar surface area (TPSA) is 111 Å². The molecule has 1 fully saturated rings. The minimum atomic E-state index is -3.49. The molecule has 1 amide bonds. The monoisotopic (exact) mass is 424 g/mol. The molecule has 0 unspecified atom stereocenters. The second-order valence-electron chi connectivity index (χ2n) is 7.12. The number of aryl methyl sites for hydroxylation is 2. The Bertz CT molecular complexity index is 1060. The van der Waals surface area contributed by atoms with Crippen molar-refractivity contribution in [1.29, 1.82) is 0 Å². The first-order chi connectivity index (χ1) is 13.7. The lowest BCUT2D eigenvalue weighted by atomic mass is 10.1. The number of nitrogens with one attached hydrogen (secondary N) is 1. The van der Waals surface area contributed by atoms with Crippen molar-refractivity contribution in [3.05, 3.63) is 33.4 Å². The number of H-pyrrole nitrogens is 1. The van der Waals surface area contributed by atoms with E-state index in [0.717, 1.165) is 11.3 Å². The van der Waals surface area contributed by atoms with Gasteiger partial charge in [-0.3, -0.25) is 14.7 Å². The number of amides is 1. The van der Waals surface area contributed by atoms with Gasteiger partial charge >= 0.3 is 0 Å². The van der Waals surface area contributed by atoms with Crippen molar-refractivity contribution in [1.82, 2.24) is 28.1 Å². The Morgan fingerprint density at radius 2 is 1.79 bits per heavy atom. The molecule has 11 heteroatoms. The van der Waals surface area contributed by atoms with Gasteiger partial charge in [-0.15, -0.1) is 0 Å². The predicted octanol–water partition coefficient (Wildman–Crippen LogP) is -0.0873. The van der Waals surface area contributed by atoms with Crippen LogP contribution in [0.25, 0.3) is 5.65 Å². The molecule has 1 aliphatic heterocycles. The molecule has 0 atom stereocenters. The van der Waals surface area contributed by atoms with Gasteiger partial charge in [0.05, 0.1) is 6.42 Å². The van der Waals surface area contributed by atoms with Gasteiger partial charge in [0, 0.05) is 62.3 Å². The molecular weight excluding hydrogens is 396 g/mol. The van der Waals surface area contributed by atoms with E-state index >= 15 is 0 Å². The summed E-state index contributed by atoms with van der Waals surface area (Å²) in [4.78, 5) is 30.5. The van der Waals surface area contributed by atoms with E-state index in [1.165, 1.54) is 14.7 Å². The normalized spacial score (nSPS) is 16.1. The minimum Gasteiger partial charge on any atom is -0.340 e. The number of piperazine rings is 1. The van der Waals surface area contributed by atoms with E-state index in [1.807, 2.05) is 27.7 Å². The highest BCUT2D eigenvalue weighted by molar-refractivity contribution is 7.86. The molecule has 0 radical (unpaired) electrons. The van der Waals surface area contributed by atoms with Crippen LogP contribution in [0.3, 0.4) is 0 Å². The zero-order valence-corrected chi connectivity index (χ0v) is 18.1. The summed E-state index contributed by atoms with van der Waals surface area (Å²) >= 11 is 0. The van der Waals surface area contributed by atoms with E-state index in [4.69, 9.17) is 0 Å². The van der Waals surface area contributed by atoms with Crippen molar-refractivity contribution in [3.8, 4) is 0 Å². The van der Waals surface area contributed by atoms with Crippen molar-refractivity contribution in [2.24, 2.45) is 0 Å². The van der Waals surface area contributed by atoms with Crippen LogP contribution in [0.5, 0.6) is 0 Å². The number of hydrogen-bond acceptors (Lipinski definition) is 5. The highest BCUT2D eigenvalue weighted by Gasteiger charge is 2.32. The molecule has 0 bridgehead atoms. The quantitative estimate of drug-likeness (QED) is 0.697. The zero-order chi connectivity index (χ0) is 21.3. The molecule has 0 aliphatic carbocycles. The number of aromatic nitrogens is 3. The largest absolute Gasteiger partial charge is 0.340 e. The summed E-state index contributed by atoms with van der Waals surface area (Å²) in [5, 5.41) is 2.69. The van der Waals surface area contributed by atoms with Crippen LogP contribution in [0.1, 0.15) is 30.8 Å². The average Bonchev–Trinajstić information content (AvgIpc) is 3.06. The molecule has 160 valence electrons. The maximum atomic E-state index is 12.9. The third-order valence-corrected chi connectivity index (χ3v) is 7.67. The summed E-state index contributed by atoms with van der Waals surface area (Å²) in [7, 11) is -3.49. The lowest BCUT2D eigenvalue weighted by Gasteiger charge is -2.36. The number of carbonyl (C=O) groups is 1. The van der Waals surface area contributed by atoms with Crippen LogP contribution in [0.15, 0.2) is 10.9 Å². The van der Waals surface area contributed by atoms with E-state index in [2.05, 4.69) is 10.1 Å². The van der Waals surface area contributed by atoms with E-state index in [0.29, 0.717) is 37.5 Å². The highest BCUT2D eigenvalue weighted by atomic mass is 32.2. The molecular formula is C18H28N6O4S. The minimum absolute atomic E-state index is 0.0771. The van der Waals surface area contributed by atoms with Gasteiger partial charge in [0.2, 0.25) is 5.91 Å². The molecule has 1 N–H and O–H groups in total. The second kappa shape index (κ2) is 8.25. The summed E-state index contributed by atoms with van der Waals surface area (Å²) in [5.74, 6) is -0.0771. The fourth-order valence-electron chi connectivity index (χ4n) is 3.76. The number of hydrogen-bond donors (Lipinski definition) is 1. The van der Waals surface area contributed by atoms with Crippen molar-refractivity contribution in [2.45, 2.75) is 34.1 Å². The number of fused-ring (bicyclic) bond motifs is 1. The van der Waals surface area contributed by atoms with E-state index in [-0.39, 0.29) is 31.0 Å². The molecule has 2 aromatic heterocycles. The zero-order valence-electron chi connectivity index (χ0n) is 17.3. The van der Waals surface area contributed by atoms with Crippen molar-refractivity contribution >= 4 is 21.8 Å². The van der Waals surface area contributed by atoms with Crippen LogP contribution in [0.2, 0.25) is 0 Å². The summed E-state index contributed by atoms with van der Waals surface area (Å²) in [6.45, 7) is 9.41. The van der Waals surface area contributed by atoms with Crippen LogP contribution in [0, 0.1) is 13.8 Å². The standard InChI is InChI=1S/C18H28N6O4S/c1-5-22(6-2)29(27,28)23-9-7-21(8-10-23)18(26)11-15-13(3)19-16-12-17(25)20-24(16)14(15)4/h12H,5-11H2,1-4H3,(H,20,25). The fourth-order valence-corrected chi connectivity index (χ4v) is 5.36. The van der Waals surface area contributed by atoms with Crippen molar-refractivity contribution in [3.63, 3.8) is 0 Å². The number of nitrogens with zero attached hydrogens (tertiary/aromatic N) is 5. The van der Waals surface area contributed by atoms with E-state index in [1.54, 1.807) is 9.42 Å². The Balaban J connectivity index is 1.71. The second-order valence-corrected chi connectivity index (χ2v) is 9.05. The molecule has 2 aromatic rings. The van der Waals surface area contributed by atoms with Crippen LogP contribution in [-0.2, 0) is 21.4 Å².